The van der Waals surface area contributed by atoms with Gasteiger partial charge < -0.3 is 5.11 Å². The Morgan fingerprint density at radius 1 is 1.00 bits per heavy atom. The summed E-state index contributed by atoms with van der Waals surface area (Å²) in [7, 11) is 0. The molecule has 20 heavy (non-hydrogen) atoms. The number of rotatable bonds is 4. The summed E-state index contributed by atoms with van der Waals surface area (Å²) >= 11 is 0. The summed E-state index contributed by atoms with van der Waals surface area (Å²) < 4.78 is 0. The Hall–Kier alpha value is -2.09. The van der Waals surface area contributed by atoms with E-state index in [1.807, 2.05) is 63.2 Å². The summed E-state index contributed by atoms with van der Waals surface area (Å²) in [6.07, 6.45) is 0.528. The molecule has 0 saturated carbocycles. The van der Waals surface area contributed by atoms with Gasteiger partial charge in [-0.25, -0.2) is 0 Å². The van der Waals surface area contributed by atoms with Gasteiger partial charge in [0, 0.05) is 0 Å². The summed E-state index contributed by atoms with van der Waals surface area (Å²) in [5, 5.41) is 9.56. The predicted octanol–water partition coefficient (Wildman–Crippen LogP) is 4.02. The topological polar surface area (TPSA) is 37.3 Å². The van der Waals surface area contributed by atoms with Crippen LogP contribution in [0.4, 0.5) is 0 Å². The van der Waals surface area contributed by atoms with Gasteiger partial charge in [0.15, 0.2) is 0 Å². The molecule has 0 saturated heterocycles. The SMILES string of the molecule is Cc1ccc(CC(C(=O)O)c2cc(C)ccc2C)cc1. The monoisotopic (exact) mass is 268 g/mol. The van der Waals surface area contributed by atoms with Crippen LogP contribution in [0.2, 0.25) is 0 Å². The van der Waals surface area contributed by atoms with E-state index >= 15 is 0 Å². The number of aliphatic carboxylic acids is 1. The Morgan fingerprint density at radius 3 is 2.20 bits per heavy atom. The first kappa shape index (κ1) is 14.3. The summed E-state index contributed by atoms with van der Waals surface area (Å²) in [4.78, 5) is 11.6. The average molecular weight is 268 g/mol. The Bertz CT molecular complexity index is 612. The zero-order valence-electron chi connectivity index (χ0n) is 12.2. The highest BCUT2D eigenvalue weighted by molar-refractivity contribution is 5.77. The Labute approximate surface area is 120 Å². The maximum absolute atomic E-state index is 11.6. The van der Waals surface area contributed by atoms with Gasteiger partial charge in [-0.2, -0.15) is 0 Å². The molecule has 0 aliphatic heterocycles. The third-order valence-corrected chi connectivity index (χ3v) is 3.67. The molecule has 2 heteroatoms. The molecule has 0 aliphatic carbocycles. The lowest BCUT2D eigenvalue weighted by atomic mass is 9.88. The smallest absolute Gasteiger partial charge is 0.311 e. The second-order valence-electron chi connectivity index (χ2n) is 5.44. The Morgan fingerprint density at radius 2 is 1.60 bits per heavy atom. The molecule has 1 atom stereocenters. The van der Waals surface area contributed by atoms with Crippen LogP contribution < -0.4 is 0 Å². The van der Waals surface area contributed by atoms with Crippen molar-refractivity contribution in [3.8, 4) is 0 Å². The van der Waals surface area contributed by atoms with Crippen molar-refractivity contribution >= 4 is 5.97 Å². The van der Waals surface area contributed by atoms with Crippen LogP contribution in [0.3, 0.4) is 0 Å². The van der Waals surface area contributed by atoms with Crippen molar-refractivity contribution in [1.29, 1.82) is 0 Å². The van der Waals surface area contributed by atoms with Crippen molar-refractivity contribution in [3.63, 3.8) is 0 Å². The number of carbonyl (C=O) groups is 1. The van der Waals surface area contributed by atoms with Gasteiger partial charge in [0.05, 0.1) is 5.92 Å². The molecule has 0 bridgehead atoms. The molecule has 2 aromatic rings. The molecule has 0 heterocycles. The molecule has 1 N–H and O–H groups in total. The van der Waals surface area contributed by atoms with Crippen LogP contribution in [-0.4, -0.2) is 11.1 Å². The number of carboxylic acids is 1. The third kappa shape index (κ3) is 3.27. The molecule has 2 rings (SSSR count). The molecule has 1 unspecified atom stereocenters. The highest BCUT2D eigenvalue weighted by atomic mass is 16.4. The van der Waals surface area contributed by atoms with Crippen LogP contribution in [0.25, 0.3) is 0 Å². The lowest BCUT2D eigenvalue weighted by molar-refractivity contribution is -0.138. The third-order valence-electron chi connectivity index (χ3n) is 3.67. The van der Waals surface area contributed by atoms with Gasteiger partial charge in [-0.15, -0.1) is 0 Å². The van der Waals surface area contributed by atoms with Crippen molar-refractivity contribution < 1.29 is 9.90 Å². The quantitative estimate of drug-likeness (QED) is 0.909. The van der Waals surface area contributed by atoms with Crippen LogP contribution in [-0.2, 0) is 11.2 Å². The molecular weight excluding hydrogens is 248 g/mol. The number of carboxylic acid groups (broad SMARTS) is 1. The first-order valence-electron chi connectivity index (χ1n) is 6.83. The number of hydrogen-bond acceptors (Lipinski definition) is 1. The highest BCUT2D eigenvalue weighted by Crippen LogP contribution is 2.25. The molecule has 0 radical (unpaired) electrons. The number of benzene rings is 2. The van der Waals surface area contributed by atoms with E-state index in [4.69, 9.17) is 0 Å². The van der Waals surface area contributed by atoms with Crippen molar-refractivity contribution in [2.45, 2.75) is 33.1 Å². The molecule has 2 nitrogen and oxygen atoms in total. The molecule has 0 amide bonds. The molecular formula is C18H20O2. The van der Waals surface area contributed by atoms with Gasteiger partial charge in [0.2, 0.25) is 0 Å². The van der Waals surface area contributed by atoms with Crippen LogP contribution in [0.5, 0.6) is 0 Å². The van der Waals surface area contributed by atoms with E-state index in [0.717, 1.165) is 22.3 Å². The molecule has 2 aromatic carbocycles. The fourth-order valence-electron chi connectivity index (χ4n) is 2.43. The van der Waals surface area contributed by atoms with Gasteiger partial charge in [-0.1, -0.05) is 53.6 Å². The highest BCUT2D eigenvalue weighted by Gasteiger charge is 2.22. The molecule has 0 fully saturated rings. The van der Waals surface area contributed by atoms with E-state index in [1.165, 1.54) is 5.56 Å². The van der Waals surface area contributed by atoms with Gasteiger partial charge >= 0.3 is 5.97 Å². The molecule has 0 aromatic heterocycles. The minimum atomic E-state index is -0.765. The van der Waals surface area contributed by atoms with E-state index in [9.17, 15) is 9.90 Å². The normalized spacial score (nSPS) is 12.2. The van der Waals surface area contributed by atoms with Crippen LogP contribution in [0.15, 0.2) is 42.5 Å². The van der Waals surface area contributed by atoms with Crippen LogP contribution >= 0.6 is 0 Å². The van der Waals surface area contributed by atoms with E-state index in [1.54, 1.807) is 0 Å². The maximum atomic E-state index is 11.6. The zero-order valence-corrected chi connectivity index (χ0v) is 12.2. The van der Waals surface area contributed by atoms with Crippen molar-refractivity contribution in [2.75, 3.05) is 0 Å². The predicted molar refractivity (Wildman–Crippen MR) is 81.2 cm³/mol. The zero-order chi connectivity index (χ0) is 14.7. The lowest BCUT2D eigenvalue weighted by Crippen LogP contribution is -2.16. The fraction of sp³-hybridized carbons (Fsp3) is 0.278. The van der Waals surface area contributed by atoms with E-state index in [2.05, 4.69) is 0 Å². The van der Waals surface area contributed by atoms with Crippen molar-refractivity contribution in [2.24, 2.45) is 0 Å². The Kier molecular flexibility index (Phi) is 4.23. The fourth-order valence-corrected chi connectivity index (χ4v) is 2.43. The summed E-state index contributed by atoms with van der Waals surface area (Å²) in [6, 6.07) is 14.1. The summed E-state index contributed by atoms with van der Waals surface area (Å²) in [5.74, 6) is -1.25. The van der Waals surface area contributed by atoms with Gasteiger partial charge in [-0.05, 0) is 43.9 Å². The molecule has 0 aliphatic rings. The molecule has 0 spiro atoms. The standard InChI is InChI=1S/C18H20O2/c1-12-5-8-15(9-6-12)11-17(18(19)20)16-10-13(2)4-7-14(16)3/h4-10,17H,11H2,1-3H3,(H,19,20). The van der Waals surface area contributed by atoms with Crippen molar-refractivity contribution in [3.05, 3.63) is 70.3 Å². The minimum absolute atomic E-state index is 0.488. The molecule has 104 valence electrons. The van der Waals surface area contributed by atoms with E-state index in [0.29, 0.717) is 6.42 Å². The summed E-state index contributed by atoms with van der Waals surface area (Å²) in [5.41, 5.74) is 5.30. The van der Waals surface area contributed by atoms with Gasteiger partial charge in [0.25, 0.3) is 0 Å². The first-order chi connectivity index (χ1) is 9.47. The van der Waals surface area contributed by atoms with Crippen LogP contribution in [0, 0.1) is 20.8 Å². The summed E-state index contributed by atoms with van der Waals surface area (Å²) in [6.45, 7) is 6.00. The largest absolute Gasteiger partial charge is 0.481 e. The minimum Gasteiger partial charge on any atom is -0.481 e. The number of aryl methyl sites for hydroxylation is 3. The average Bonchev–Trinajstić information content (AvgIpc) is 2.41. The first-order valence-corrected chi connectivity index (χ1v) is 6.83. The van der Waals surface area contributed by atoms with Crippen molar-refractivity contribution in [1.82, 2.24) is 0 Å². The Balaban J connectivity index is 2.34. The van der Waals surface area contributed by atoms with Gasteiger partial charge in [-0.3, -0.25) is 4.79 Å². The maximum Gasteiger partial charge on any atom is 0.311 e. The van der Waals surface area contributed by atoms with Gasteiger partial charge in [0.1, 0.15) is 0 Å². The van der Waals surface area contributed by atoms with E-state index < -0.39 is 11.9 Å². The second-order valence-corrected chi connectivity index (χ2v) is 5.44. The lowest BCUT2D eigenvalue weighted by Gasteiger charge is -2.16. The second kappa shape index (κ2) is 5.91. The van der Waals surface area contributed by atoms with E-state index in [-0.39, 0.29) is 0 Å². The van der Waals surface area contributed by atoms with Crippen LogP contribution in [0.1, 0.15) is 33.7 Å². The number of hydrogen-bond donors (Lipinski definition) is 1.